The van der Waals surface area contributed by atoms with Gasteiger partial charge in [-0.3, -0.25) is 4.79 Å². The Morgan fingerprint density at radius 3 is 2.04 bits per heavy atom. The summed E-state index contributed by atoms with van der Waals surface area (Å²) in [6.45, 7) is 5.89. The van der Waals surface area contributed by atoms with E-state index in [0.29, 0.717) is 17.4 Å². The lowest BCUT2D eigenvalue weighted by molar-refractivity contribution is -0.122. The van der Waals surface area contributed by atoms with Crippen molar-refractivity contribution in [2.75, 3.05) is 5.32 Å². The Balaban J connectivity index is 1.95. The predicted molar refractivity (Wildman–Crippen MR) is 92.7 cm³/mol. The Morgan fingerprint density at radius 2 is 1.54 bits per heavy atom. The van der Waals surface area contributed by atoms with Crippen molar-refractivity contribution in [1.82, 2.24) is 0 Å². The van der Waals surface area contributed by atoms with Gasteiger partial charge in [-0.05, 0) is 54.8 Å². The average Bonchev–Trinajstić information content (AvgIpc) is 2.55. The van der Waals surface area contributed by atoms with Crippen molar-refractivity contribution in [2.24, 2.45) is 0 Å². The summed E-state index contributed by atoms with van der Waals surface area (Å²) in [6.07, 6.45) is -0.672. The first kappa shape index (κ1) is 17.5. The maximum absolute atomic E-state index is 12.2. The van der Waals surface area contributed by atoms with Gasteiger partial charge in [-0.15, -0.1) is 0 Å². The molecule has 0 aliphatic carbocycles. The zero-order chi connectivity index (χ0) is 17.7. The van der Waals surface area contributed by atoms with E-state index in [4.69, 9.17) is 9.84 Å². The van der Waals surface area contributed by atoms with Crippen molar-refractivity contribution in [3.63, 3.8) is 0 Å². The minimum absolute atomic E-state index is 0.169. The van der Waals surface area contributed by atoms with Gasteiger partial charge in [-0.1, -0.05) is 26.0 Å². The Bertz CT molecular complexity index is 705. The van der Waals surface area contributed by atoms with Crippen LogP contribution >= 0.6 is 0 Å². The lowest BCUT2D eigenvalue weighted by atomic mass is 10.0. The summed E-state index contributed by atoms with van der Waals surface area (Å²) in [5.74, 6) is -0.239. The molecule has 2 aromatic rings. The highest BCUT2D eigenvalue weighted by Gasteiger charge is 2.15. The summed E-state index contributed by atoms with van der Waals surface area (Å²) in [5.41, 5.74) is 1.90. The number of ether oxygens (including phenoxy) is 1. The molecule has 2 N–H and O–H groups in total. The summed E-state index contributed by atoms with van der Waals surface area (Å²) < 4.78 is 5.64. The van der Waals surface area contributed by atoms with Gasteiger partial charge in [0.05, 0.1) is 5.56 Å². The minimum atomic E-state index is -1.01. The van der Waals surface area contributed by atoms with Crippen molar-refractivity contribution < 1.29 is 19.4 Å². The molecule has 0 spiro atoms. The summed E-state index contributed by atoms with van der Waals surface area (Å²) in [4.78, 5) is 23.0. The molecule has 2 rings (SSSR count). The van der Waals surface area contributed by atoms with Crippen LogP contribution in [0.25, 0.3) is 0 Å². The molecule has 126 valence electrons. The second-order valence-corrected chi connectivity index (χ2v) is 5.86. The monoisotopic (exact) mass is 327 g/mol. The van der Waals surface area contributed by atoms with Gasteiger partial charge >= 0.3 is 5.97 Å². The number of carbonyl (C=O) groups excluding carboxylic acids is 1. The first-order chi connectivity index (χ1) is 11.4. The Morgan fingerprint density at radius 1 is 0.958 bits per heavy atom. The molecule has 0 aromatic heterocycles. The van der Waals surface area contributed by atoms with Crippen LogP contribution in [0.4, 0.5) is 5.69 Å². The van der Waals surface area contributed by atoms with Gasteiger partial charge in [0.15, 0.2) is 6.10 Å². The highest BCUT2D eigenvalue weighted by atomic mass is 16.5. The number of aromatic carboxylic acids is 1. The van der Waals surface area contributed by atoms with Gasteiger partial charge in [-0.2, -0.15) is 0 Å². The van der Waals surface area contributed by atoms with Gasteiger partial charge < -0.3 is 15.2 Å². The maximum Gasteiger partial charge on any atom is 0.335 e. The third-order valence-electron chi connectivity index (χ3n) is 3.63. The number of carboxylic acids is 1. The summed E-state index contributed by atoms with van der Waals surface area (Å²) in [6, 6.07) is 13.6. The molecule has 0 heterocycles. The van der Waals surface area contributed by atoms with E-state index in [2.05, 4.69) is 19.2 Å². The number of hydrogen-bond donors (Lipinski definition) is 2. The molecule has 24 heavy (non-hydrogen) atoms. The number of carboxylic acid groups (broad SMARTS) is 1. The van der Waals surface area contributed by atoms with E-state index in [9.17, 15) is 9.59 Å². The Kier molecular flexibility index (Phi) is 5.58. The molecule has 2 aromatic carbocycles. The number of anilines is 1. The van der Waals surface area contributed by atoms with Crippen molar-refractivity contribution in [1.29, 1.82) is 0 Å². The molecule has 5 heteroatoms. The molecule has 0 radical (unpaired) electrons. The molecule has 0 aliphatic rings. The average molecular weight is 327 g/mol. The van der Waals surface area contributed by atoms with Crippen LogP contribution in [0, 0.1) is 0 Å². The van der Waals surface area contributed by atoms with Crippen LogP contribution in [-0.4, -0.2) is 23.1 Å². The third-order valence-corrected chi connectivity index (χ3v) is 3.63. The van der Waals surface area contributed by atoms with Gasteiger partial charge in [-0.25, -0.2) is 4.79 Å². The molecule has 1 atom stereocenters. The van der Waals surface area contributed by atoms with E-state index in [0.717, 1.165) is 0 Å². The fraction of sp³-hybridized carbons (Fsp3) is 0.263. The van der Waals surface area contributed by atoms with Crippen LogP contribution in [0.1, 0.15) is 42.6 Å². The molecule has 5 nitrogen and oxygen atoms in total. The van der Waals surface area contributed by atoms with Crippen LogP contribution in [-0.2, 0) is 4.79 Å². The number of rotatable bonds is 6. The second-order valence-electron chi connectivity index (χ2n) is 5.86. The first-order valence-electron chi connectivity index (χ1n) is 7.77. The van der Waals surface area contributed by atoms with E-state index in [1.54, 1.807) is 19.1 Å². The fourth-order valence-corrected chi connectivity index (χ4v) is 2.13. The zero-order valence-electron chi connectivity index (χ0n) is 13.9. The number of hydrogen-bond acceptors (Lipinski definition) is 3. The van der Waals surface area contributed by atoms with Gasteiger partial charge in [0.2, 0.25) is 0 Å². The number of benzene rings is 2. The molecule has 0 aliphatic heterocycles. The van der Waals surface area contributed by atoms with Gasteiger partial charge in [0.1, 0.15) is 5.75 Å². The van der Waals surface area contributed by atoms with Crippen LogP contribution < -0.4 is 10.1 Å². The molecular formula is C19H21NO4. The summed E-state index contributed by atoms with van der Waals surface area (Å²) >= 11 is 0. The number of nitrogens with one attached hydrogen (secondary N) is 1. The molecule has 1 unspecified atom stereocenters. The molecule has 0 bridgehead atoms. The van der Waals surface area contributed by atoms with Gasteiger partial charge in [0, 0.05) is 5.69 Å². The molecular weight excluding hydrogens is 306 g/mol. The SMILES string of the molecule is CC(Oc1ccc(C(C)C)cc1)C(=O)Nc1ccc(C(=O)O)cc1. The Hall–Kier alpha value is -2.82. The topological polar surface area (TPSA) is 75.6 Å². The second kappa shape index (κ2) is 7.64. The number of carbonyl (C=O) groups is 2. The van der Waals surface area contributed by atoms with E-state index < -0.39 is 12.1 Å². The predicted octanol–water partition coefficient (Wildman–Crippen LogP) is 3.91. The van der Waals surface area contributed by atoms with E-state index in [-0.39, 0.29) is 11.5 Å². The van der Waals surface area contributed by atoms with E-state index in [1.165, 1.54) is 17.7 Å². The van der Waals surface area contributed by atoms with Gasteiger partial charge in [0.25, 0.3) is 5.91 Å². The van der Waals surface area contributed by atoms with E-state index >= 15 is 0 Å². The normalized spacial score (nSPS) is 11.8. The minimum Gasteiger partial charge on any atom is -0.481 e. The van der Waals surface area contributed by atoms with Crippen molar-refractivity contribution in [3.05, 3.63) is 59.7 Å². The van der Waals surface area contributed by atoms with Crippen LogP contribution in [0.5, 0.6) is 5.75 Å². The molecule has 0 fully saturated rings. The van der Waals surface area contributed by atoms with Crippen molar-refractivity contribution >= 4 is 17.6 Å². The standard InChI is InChI=1S/C19H21NO4/c1-12(2)14-6-10-17(11-7-14)24-13(3)18(21)20-16-8-4-15(5-9-16)19(22)23/h4-13H,1-3H3,(H,20,21)(H,22,23). The van der Waals surface area contributed by atoms with Crippen molar-refractivity contribution in [3.8, 4) is 5.75 Å². The van der Waals surface area contributed by atoms with Crippen LogP contribution in [0.2, 0.25) is 0 Å². The quantitative estimate of drug-likeness (QED) is 0.843. The maximum atomic E-state index is 12.2. The Labute approximate surface area is 141 Å². The van der Waals surface area contributed by atoms with Crippen molar-refractivity contribution in [2.45, 2.75) is 32.8 Å². The zero-order valence-corrected chi connectivity index (χ0v) is 13.9. The summed E-state index contributed by atoms with van der Waals surface area (Å²) in [7, 11) is 0. The largest absolute Gasteiger partial charge is 0.481 e. The van der Waals surface area contributed by atoms with E-state index in [1.807, 2.05) is 24.3 Å². The fourth-order valence-electron chi connectivity index (χ4n) is 2.13. The summed E-state index contributed by atoms with van der Waals surface area (Å²) in [5, 5.41) is 11.6. The lowest BCUT2D eigenvalue weighted by Crippen LogP contribution is -2.30. The number of amides is 1. The smallest absolute Gasteiger partial charge is 0.335 e. The van der Waals surface area contributed by atoms with Crippen LogP contribution in [0.3, 0.4) is 0 Å². The highest BCUT2D eigenvalue weighted by molar-refractivity contribution is 5.95. The molecule has 0 saturated carbocycles. The lowest BCUT2D eigenvalue weighted by Gasteiger charge is -2.15. The molecule has 0 saturated heterocycles. The first-order valence-corrected chi connectivity index (χ1v) is 7.77. The highest BCUT2D eigenvalue weighted by Crippen LogP contribution is 2.20. The molecule has 1 amide bonds. The van der Waals surface area contributed by atoms with Crippen LogP contribution in [0.15, 0.2) is 48.5 Å². The third kappa shape index (κ3) is 4.59.